The average molecular weight is 262 g/mol. The first-order valence-corrected chi connectivity index (χ1v) is 5.58. The Hall–Kier alpha value is -2.57. The summed E-state index contributed by atoms with van der Waals surface area (Å²) in [5, 5.41) is 16.2. The van der Waals surface area contributed by atoms with E-state index in [0.717, 1.165) is 0 Å². The van der Waals surface area contributed by atoms with Crippen LogP contribution in [0.4, 0.5) is 5.69 Å². The van der Waals surface area contributed by atoms with Crippen molar-refractivity contribution in [3.8, 4) is 5.88 Å². The van der Waals surface area contributed by atoms with Gasteiger partial charge in [-0.15, -0.1) is 0 Å². The van der Waals surface area contributed by atoms with E-state index in [9.17, 15) is 9.90 Å². The maximum absolute atomic E-state index is 11.3. The van der Waals surface area contributed by atoms with Gasteiger partial charge in [0.15, 0.2) is 6.04 Å². The van der Waals surface area contributed by atoms with Crippen LogP contribution in [-0.4, -0.2) is 33.0 Å². The van der Waals surface area contributed by atoms with Gasteiger partial charge in [-0.2, -0.15) is 5.10 Å². The predicted molar refractivity (Wildman–Crippen MR) is 68.0 cm³/mol. The van der Waals surface area contributed by atoms with Crippen molar-refractivity contribution in [2.45, 2.75) is 6.04 Å². The summed E-state index contributed by atoms with van der Waals surface area (Å²) >= 11 is 0. The van der Waals surface area contributed by atoms with Gasteiger partial charge in [0.05, 0.1) is 13.3 Å². The first-order chi connectivity index (χ1) is 9.10. The molecule has 100 valence electrons. The van der Waals surface area contributed by atoms with Crippen LogP contribution in [0.2, 0.25) is 0 Å². The Bertz CT molecular complexity index is 582. The van der Waals surface area contributed by atoms with Crippen LogP contribution in [0, 0.1) is 0 Å². The largest absolute Gasteiger partial charge is 0.481 e. The minimum atomic E-state index is -0.983. The van der Waals surface area contributed by atoms with E-state index in [2.05, 4.69) is 15.4 Å². The van der Waals surface area contributed by atoms with Gasteiger partial charge in [-0.3, -0.25) is 4.68 Å². The molecule has 0 saturated carbocycles. The number of nitrogens with one attached hydrogen (secondary N) is 1. The van der Waals surface area contributed by atoms with Crippen molar-refractivity contribution in [1.82, 2.24) is 14.8 Å². The number of aliphatic carboxylic acids is 1. The van der Waals surface area contributed by atoms with Gasteiger partial charge in [0.1, 0.15) is 0 Å². The van der Waals surface area contributed by atoms with Gasteiger partial charge in [-0.25, -0.2) is 9.78 Å². The second-order valence-corrected chi connectivity index (χ2v) is 3.95. The highest BCUT2D eigenvalue weighted by atomic mass is 16.5. The van der Waals surface area contributed by atoms with E-state index in [0.29, 0.717) is 17.1 Å². The van der Waals surface area contributed by atoms with Crippen LogP contribution in [0.25, 0.3) is 0 Å². The van der Waals surface area contributed by atoms with Gasteiger partial charge in [0.2, 0.25) is 5.88 Å². The number of aryl methyl sites for hydroxylation is 1. The summed E-state index contributed by atoms with van der Waals surface area (Å²) in [6, 6.07) is 2.43. The molecule has 1 unspecified atom stereocenters. The van der Waals surface area contributed by atoms with E-state index in [1.165, 1.54) is 13.3 Å². The molecule has 1 atom stereocenters. The number of pyridine rings is 1. The molecule has 7 heteroatoms. The van der Waals surface area contributed by atoms with Crippen molar-refractivity contribution in [2.24, 2.45) is 7.05 Å². The minimum Gasteiger partial charge on any atom is -0.481 e. The molecule has 0 fully saturated rings. The number of aromatic nitrogens is 3. The lowest BCUT2D eigenvalue weighted by molar-refractivity contribution is -0.138. The number of ether oxygens (including phenoxy) is 1. The average Bonchev–Trinajstić information content (AvgIpc) is 2.82. The molecule has 0 radical (unpaired) electrons. The summed E-state index contributed by atoms with van der Waals surface area (Å²) in [6.07, 6.45) is 4.72. The highest BCUT2D eigenvalue weighted by Gasteiger charge is 2.21. The van der Waals surface area contributed by atoms with E-state index < -0.39 is 12.0 Å². The Labute approximate surface area is 109 Å². The third-order valence-corrected chi connectivity index (χ3v) is 2.56. The Kier molecular flexibility index (Phi) is 3.65. The third-order valence-electron chi connectivity index (χ3n) is 2.56. The molecule has 19 heavy (non-hydrogen) atoms. The lowest BCUT2D eigenvalue weighted by Crippen LogP contribution is -2.20. The number of carboxylic acids is 1. The number of anilines is 1. The van der Waals surface area contributed by atoms with Crippen LogP contribution in [-0.2, 0) is 11.8 Å². The number of hydrogen-bond donors (Lipinski definition) is 2. The summed E-state index contributed by atoms with van der Waals surface area (Å²) in [5.74, 6) is -0.566. The SMILES string of the molecule is COc1cc(NC(C(=O)O)c2cnn(C)c2)ccn1. The lowest BCUT2D eigenvalue weighted by atomic mass is 10.1. The molecule has 2 heterocycles. The van der Waals surface area contributed by atoms with Crippen molar-refractivity contribution in [2.75, 3.05) is 12.4 Å². The van der Waals surface area contributed by atoms with Gasteiger partial charge >= 0.3 is 5.97 Å². The van der Waals surface area contributed by atoms with Gasteiger partial charge in [-0.05, 0) is 6.07 Å². The van der Waals surface area contributed by atoms with Gasteiger partial charge in [0, 0.05) is 36.8 Å². The van der Waals surface area contributed by atoms with E-state index >= 15 is 0 Å². The highest BCUT2D eigenvalue weighted by molar-refractivity contribution is 5.79. The number of methoxy groups -OCH3 is 1. The van der Waals surface area contributed by atoms with E-state index in [1.807, 2.05) is 0 Å². The molecular weight excluding hydrogens is 248 g/mol. The molecule has 0 amide bonds. The molecule has 0 aromatic carbocycles. The number of nitrogens with zero attached hydrogens (tertiary/aromatic N) is 3. The summed E-state index contributed by atoms with van der Waals surface area (Å²) in [7, 11) is 3.24. The first kappa shape index (κ1) is 12.9. The molecule has 0 aliphatic carbocycles. The Balaban J connectivity index is 2.23. The fraction of sp³-hybridized carbons (Fsp3) is 0.250. The van der Waals surface area contributed by atoms with Crippen molar-refractivity contribution in [3.05, 3.63) is 36.3 Å². The fourth-order valence-electron chi connectivity index (χ4n) is 1.65. The fourth-order valence-corrected chi connectivity index (χ4v) is 1.65. The topological polar surface area (TPSA) is 89.3 Å². The van der Waals surface area contributed by atoms with Crippen molar-refractivity contribution < 1.29 is 14.6 Å². The van der Waals surface area contributed by atoms with E-state index in [1.54, 1.807) is 36.3 Å². The second-order valence-electron chi connectivity index (χ2n) is 3.95. The van der Waals surface area contributed by atoms with Crippen molar-refractivity contribution in [1.29, 1.82) is 0 Å². The zero-order chi connectivity index (χ0) is 13.8. The molecular formula is C12H14N4O3. The minimum absolute atomic E-state index is 0.417. The van der Waals surface area contributed by atoms with E-state index in [-0.39, 0.29) is 0 Å². The zero-order valence-electron chi connectivity index (χ0n) is 10.6. The third kappa shape index (κ3) is 3.01. The predicted octanol–water partition coefficient (Wildman–Crippen LogP) is 1.06. The van der Waals surface area contributed by atoms with Crippen LogP contribution in [0.3, 0.4) is 0 Å². The van der Waals surface area contributed by atoms with Crippen LogP contribution < -0.4 is 10.1 Å². The highest BCUT2D eigenvalue weighted by Crippen LogP contribution is 2.21. The van der Waals surface area contributed by atoms with Crippen molar-refractivity contribution >= 4 is 11.7 Å². The first-order valence-electron chi connectivity index (χ1n) is 5.58. The zero-order valence-corrected chi connectivity index (χ0v) is 10.6. The van der Waals surface area contributed by atoms with Crippen molar-refractivity contribution in [3.63, 3.8) is 0 Å². The molecule has 2 N–H and O–H groups in total. The van der Waals surface area contributed by atoms with Gasteiger partial charge in [-0.1, -0.05) is 0 Å². The molecule has 0 spiro atoms. The van der Waals surface area contributed by atoms with Gasteiger partial charge < -0.3 is 15.2 Å². The van der Waals surface area contributed by atoms with Gasteiger partial charge in [0.25, 0.3) is 0 Å². The summed E-state index contributed by atoms with van der Waals surface area (Å²) in [5.41, 5.74) is 1.19. The molecule has 0 bridgehead atoms. The molecule has 2 aromatic heterocycles. The summed E-state index contributed by atoms with van der Waals surface area (Å²) in [6.45, 7) is 0. The standard InChI is InChI=1S/C12H14N4O3/c1-16-7-8(6-14-16)11(12(17)18)15-9-3-4-13-10(5-9)19-2/h3-7,11H,1-2H3,(H,13,15)(H,17,18). The monoisotopic (exact) mass is 262 g/mol. The number of rotatable bonds is 5. The number of hydrogen-bond acceptors (Lipinski definition) is 5. The molecule has 7 nitrogen and oxygen atoms in total. The molecule has 2 aromatic rings. The normalized spacial score (nSPS) is 11.9. The quantitative estimate of drug-likeness (QED) is 0.837. The smallest absolute Gasteiger partial charge is 0.330 e. The summed E-state index contributed by atoms with van der Waals surface area (Å²) in [4.78, 5) is 15.3. The Morgan fingerprint density at radius 1 is 1.58 bits per heavy atom. The lowest BCUT2D eigenvalue weighted by Gasteiger charge is -2.14. The van der Waals surface area contributed by atoms with E-state index in [4.69, 9.17) is 4.74 Å². The summed E-state index contributed by atoms with van der Waals surface area (Å²) < 4.78 is 6.55. The van der Waals surface area contributed by atoms with Crippen LogP contribution in [0.15, 0.2) is 30.7 Å². The van der Waals surface area contributed by atoms with Crippen LogP contribution >= 0.6 is 0 Å². The molecule has 0 aliphatic heterocycles. The number of carboxylic acid groups (broad SMARTS) is 1. The second kappa shape index (κ2) is 5.38. The Morgan fingerprint density at radius 2 is 2.37 bits per heavy atom. The molecule has 2 rings (SSSR count). The molecule has 0 aliphatic rings. The maximum Gasteiger partial charge on any atom is 0.330 e. The maximum atomic E-state index is 11.3. The van der Waals surface area contributed by atoms with Crippen LogP contribution in [0.1, 0.15) is 11.6 Å². The van der Waals surface area contributed by atoms with Crippen LogP contribution in [0.5, 0.6) is 5.88 Å². The number of carbonyl (C=O) groups is 1. The molecule has 0 saturated heterocycles. The Morgan fingerprint density at radius 3 is 2.95 bits per heavy atom.